The van der Waals surface area contributed by atoms with Crippen LogP contribution in [0.25, 0.3) is 10.9 Å². The third kappa shape index (κ3) is 2.77. The Balaban J connectivity index is 1.93. The molecule has 2 heterocycles. The molecule has 2 aromatic rings. The number of rotatable bonds is 3. The van der Waals surface area contributed by atoms with E-state index in [-0.39, 0.29) is 5.91 Å². The Morgan fingerprint density at radius 3 is 2.73 bits per heavy atom. The number of H-pyrrole nitrogens is 1. The van der Waals surface area contributed by atoms with E-state index < -0.39 is 0 Å². The van der Waals surface area contributed by atoms with Gasteiger partial charge >= 0.3 is 0 Å². The van der Waals surface area contributed by atoms with Gasteiger partial charge < -0.3 is 9.88 Å². The lowest BCUT2D eigenvalue weighted by Gasteiger charge is -2.28. The van der Waals surface area contributed by atoms with Gasteiger partial charge in [-0.1, -0.05) is 33.8 Å². The maximum absolute atomic E-state index is 12.4. The van der Waals surface area contributed by atoms with Crippen molar-refractivity contribution < 1.29 is 4.79 Å². The number of hydrogen-bond donors (Lipinski definition) is 1. The number of carbonyl (C=O) groups excluding carboxylic acids is 1. The molecule has 0 atom stereocenters. The van der Waals surface area contributed by atoms with Gasteiger partial charge in [0.15, 0.2) is 0 Å². The van der Waals surface area contributed by atoms with Gasteiger partial charge in [0, 0.05) is 48.1 Å². The molecule has 1 amide bonds. The molecule has 3 rings (SSSR count). The van der Waals surface area contributed by atoms with Crippen LogP contribution in [-0.2, 0) is 17.8 Å². The van der Waals surface area contributed by atoms with E-state index in [0.717, 1.165) is 19.5 Å². The summed E-state index contributed by atoms with van der Waals surface area (Å²) in [5, 5.41) is 1.29. The highest BCUT2D eigenvalue weighted by Gasteiger charge is 2.24. The number of benzene rings is 1. The Morgan fingerprint density at radius 2 is 2.05 bits per heavy atom. The minimum absolute atomic E-state index is 0.287. The number of nitrogens with zero attached hydrogens (tertiary/aromatic N) is 1. The molecule has 0 spiro atoms. The molecule has 1 aromatic heterocycles. The van der Waals surface area contributed by atoms with E-state index in [9.17, 15) is 4.79 Å². The predicted octanol–water partition coefficient (Wildman–Crippen LogP) is 4.22. The number of amides is 1. The van der Waals surface area contributed by atoms with Crippen LogP contribution in [0.5, 0.6) is 0 Å². The lowest BCUT2D eigenvalue weighted by Crippen LogP contribution is -2.36. The smallest absolute Gasteiger partial charge is 0.223 e. The fraction of sp³-hybridized carbons (Fsp3) is 0.526. The second-order valence-electron chi connectivity index (χ2n) is 7.21. The van der Waals surface area contributed by atoms with Gasteiger partial charge in [-0.3, -0.25) is 4.79 Å². The molecule has 1 aromatic carbocycles. The van der Waals surface area contributed by atoms with Crippen LogP contribution < -0.4 is 0 Å². The van der Waals surface area contributed by atoms with E-state index in [4.69, 9.17) is 0 Å². The second-order valence-corrected chi connectivity index (χ2v) is 7.21. The summed E-state index contributed by atoms with van der Waals surface area (Å²) in [4.78, 5) is 17.9. The Hall–Kier alpha value is -1.77. The SMILES string of the molecule is CC(C)CC(=O)N1CCc2[nH]c3ccc(C(C)C)cc3c2C1. The highest BCUT2D eigenvalue weighted by molar-refractivity contribution is 5.86. The van der Waals surface area contributed by atoms with Gasteiger partial charge in [0.05, 0.1) is 0 Å². The summed E-state index contributed by atoms with van der Waals surface area (Å²) in [6.07, 6.45) is 1.58. The minimum atomic E-state index is 0.287. The molecule has 118 valence electrons. The van der Waals surface area contributed by atoms with Gasteiger partial charge in [-0.25, -0.2) is 0 Å². The van der Waals surface area contributed by atoms with Crippen LogP contribution in [0, 0.1) is 5.92 Å². The Kier molecular flexibility index (Phi) is 3.98. The molecule has 1 aliphatic rings. The number of aromatic amines is 1. The molecule has 3 heteroatoms. The monoisotopic (exact) mass is 298 g/mol. The molecule has 22 heavy (non-hydrogen) atoms. The average molecular weight is 298 g/mol. The summed E-state index contributed by atoms with van der Waals surface area (Å²) >= 11 is 0. The molecule has 0 saturated heterocycles. The molecule has 0 fully saturated rings. The van der Waals surface area contributed by atoms with E-state index in [0.29, 0.717) is 18.3 Å². The van der Waals surface area contributed by atoms with Crippen molar-refractivity contribution in [2.45, 2.75) is 53.0 Å². The van der Waals surface area contributed by atoms with E-state index in [1.165, 1.54) is 27.7 Å². The Bertz CT molecular complexity index is 697. The van der Waals surface area contributed by atoms with Crippen LogP contribution >= 0.6 is 0 Å². The molecule has 0 bridgehead atoms. The number of hydrogen-bond acceptors (Lipinski definition) is 1. The molecule has 1 N–H and O–H groups in total. The largest absolute Gasteiger partial charge is 0.358 e. The Morgan fingerprint density at radius 1 is 1.27 bits per heavy atom. The third-order valence-electron chi connectivity index (χ3n) is 4.60. The number of nitrogens with one attached hydrogen (secondary N) is 1. The highest BCUT2D eigenvalue weighted by Crippen LogP contribution is 2.30. The molecule has 0 unspecified atom stereocenters. The first-order valence-electron chi connectivity index (χ1n) is 8.37. The summed E-state index contributed by atoms with van der Waals surface area (Å²) in [6, 6.07) is 6.69. The normalized spacial score (nSPS) is 14.9. The molecule has 0 radical (unpaired) electrons. The summed E-state index contributed by atoms with van der Waals surface area (Å²) in [6.45, 7) is 10.2. The van der Waals surface area contributed by atoms with Crippen molar-refractivity contribution in [3.63, 3.8) is 0 Å². The summed E-state index contributed by atoms with van der Waals surface area (Å²) in [7, 11) is 0. The lowest BCUT2D eigenvalue weighted by atomic mass is 9.98. The van der Waals surface area contributed by atoms with Gasteiger partial charge in [-0.2, -0.15) is 0 Å². The Labute approximate surface area is 132 Å². The van der Waals surface area contributed by atoms with E-state index in [1.807, 2.05) is 4.90 Å². The number of fused-ring (bicyclic) bond motifs is 3. The van der Waals surface area contributed by atoms with E-state index in [2.05, 4.69) is 50.9 Å². The number of aromatic nitrogens is 1. The zero-order valence-corrected chi connectivity index (χ0v) is 14.1. The van der Waals surface area contributed by atoms with Crippen LogP contribution in [0.15, 0.2) is 18.2 Å². The van der Waals surface area contributed by atoms with Crippen LogP contribution in [0.1, 0.15) is 56.9 Å². The van der Waals surface area contributed by atoms with Crippen molar-refractivity contribution in [1.29, 1.82) is 0 Å². The maximum atomic E-state index is 12.4. The summed E-state index contributed by atoms with van der Waals surface area (Å²) in [5.41, 5.74) is 5.19. The molecular weight excluding hydrogens is 272 g/mol. The van der Waals surface area contributed by atoms with Crippen molar-refractivity contribution in [1.82, 2.24) is 9.88 Å². The van der Waals surface area contributed by atoms with Crippen LogP contribution in [0.2, 0.25) is 0 Å². The first kappa shape index (κ1) is 15.1. The summed E-state index contributed by atoms with van der Waals surface area (Å²) in [5.74, 6) is 1.23. The van der Waals surface area contributed by atoms with Crippen molar-refractivity contribution in [2.75, 3.05) is 6.54 Å². The highest BCUT2D eigenvalue weighted by atomic mass is 16.2. The quantitative estimate of drug-likeness (QED) is 0.904. The second kappa shape index (κ2) is 5.79. The zero-order chi connectivity index (χ0) is 15.9. The van der Waals surface area contributed by atoms with Crippen LogP contribution in [-0.4, -0.2) is 22.3 Å². The van der Waals surface area contributed by atoms with Gasteiger partial charge in [-0.15, -0.1) is 0 Å². The molecule has 1 aliphatic heterocycles. The standard InChI is InChI=1S/C19H26N2O/c1-12(2)9-19(22)21-8-7-18-16(11-21)15-10-14(13(3)4)5-6-17(15)20-18/h5-6,10,12-13,20H,7-9,11H2,1-4H3. The number of carbonyl (C=O) groups is 1. The van der Waals surface area contributed by atoms with Gasteiger partial charge in [-0.05, 0) is 29.5 Å². The van der Waals surface area contributed by atoms with Crippen molar-refractivity contribution in [3.05, 3.63) is 35.0 Å². The minimum Gasteiger partial charge on any atom is -0.358 e. The van der Waals surface area contributed by atoms with Crippen LogP contribution in [0.3, 0.4) is 0 Å². The van der Waals surface area contributed by atoms with Gasteiger partial charge in [0.1, 0.15) is 0 Å². The van der Waals surface area contributed by atoms with Crippen molar-refractivity contribution in [3.8, 4) is 0 Å². The topological polar surface area (TPSA) is 36.1 Å². The van der Waals surface area contributed by atoms with Crippen LogP contribution in [0.4, 0.5) is 0 Å². The van der Waals surface area contributed by atoms with E-state index in [1.54, 1.807) is 0 Å². The lowest BCUT2D eigenvalue weighted by molar-refractivity contribution is -0.132. The molecule has 0 saturated carbocycles. The average Bonchev–Trinajstić information content (AvgIpc) is 2.83. The third-order valence-corrected chi connectivity index (χ3v) is 4.60. The van der Waals surface area contributed by atoms with Gasteiger partial charge in [0.2, 0.25) is 5.91 Å². The van der Waals surface area contributed by atoms with Crippen molar-refractivity contribution in [2.24, 2.45) is 5.92 Å². The predicted molar refractivity (Wildman–Crippen MR) is 91.0 cm³/mol. The first-order chi connectivity index (χ1) is 10.5. The fourth-order valence-electron chi connectivity index (χ4n) is 3.28. The summed E-state index contributed by atoms with van der Waals surface area (Å²) < 4.78 is 0. The van der Waals surface area contributed by atoms with Crippen molar-refractivity contribution >= 4 is 16.8 Å². The fourth-order valence-corrected chi connectivity index (χ4v) is 3.28. The molecule has 0 aliphatic carbocycles. The molecule has 3 nitrogen and oxygen atoms in total. The maximum Gasteiger partial charge on any atom is 0.223 e. The van der Waals surface area contributed by atoms with E-state index >= 15 is 0 Å². The molecular formula is C19H26N2O. The zero-order valence-electron chi connectivity index (χ0n) is 14.1. The van der Waals surface area contributed by atoms with Gasteiger partial charge in [0.25, 0.3) is 0 Å². The first-order valence-corrected chi connectivity index (χ1v) is 8.37.